The fourth-order valence-electron chi connectivity index (χ4n) is 2.32. The standard InChI is InChI=1S/C14H18N4O/c1-17(12-7-3-2-4-8-12)11-13-15-16-14(19-13)18-9-5-6-10-18/h2-4,7-8H,5-6,9-11H2,1H3. The molecular formula is C14H18N4O. The summed E-state index contributed by atoms with van der Waals surface area (Å²) in [5.41, 5.74) is 1.14. The van der Waals surface area contributed by atoms with Gasteiger partial charge in [-0.05, 0) is 25.0 Å². The maximum atomic E-state index is 5.72. The highest BCUT2D eigenvalue weighted by Crippen LogP contribution is 2.20. The quantitative estimate of drug-likeness (QED) is 0.842. The Bertz CT molecular complexity index is 519. The summed E-state index contributed by atoms with van der Waals surface area (Å²) in [6.45, 7) is 2.68. The second-order valence-electron chi connectivity index (χ2n) is 4.86. The van der Waals surface area contributed by atoms with Crippen LogP contribution in [0.1, 0.15) is 18.7 Å². The van der Waals surface area contributed by atoms with Crippen LogP contribution in [0, 0.1) is 0 Å². The van der Waals surface area contributed by atoms with E-state index in [4.69, 9.17) is 4.42 Å². The zero-order chi connectivity index (χ0) is 13.1. The molecule has 5 heteroatoms. The van der Waals surface area contributed by atoms with Crippen LogP contribution in [0.5, 0.6) is 0 Å². The van der Waals surface area contributed by atoms with E-state index in [1.54, 1.807) is 0 Å². The minimum absolute atomic E-state index is 0.630. The van der Waals surface area contributed by atoms with Crippen LogP contribution >= 0.6 is 0 Å². The van der Waals surface area contributed by atoms with Gasteiger partial charge in [0, 0.05) is 25.8 Å². The summed E-state index contributed by atoms with van der Waals surface area (Å²) in [6, 6.07) is 10.9. The molecule has 2 heterocycles. The van der Waals surface area contributed by atoms with E-state index in [-0.39, 0.29) is 0 Å². The van der Waals surface area contributed by atoms with Crippen LogP contribution in [0.4, 0.5) is 11.7 Å². The van der Waals surface area contributed by atoms with Gasteiger partial charge in [-0.2, -0.15) is 0 Å². The molecule has 2 aromatic rings. The first-order valence-electron chi connectivity index (χ1n) is 6.66. The van der Waals surface area contributed by atoms with Crippen LogP contribution in [0.2, 0.25) is 0 Å². The van der Waals surface area contributed by atoms with Gasteiger partial charge in [0.1, 0.15) is 0 Å². The minimum Gasteiger partial charge on any atom is -0.406 e. The smallest absolute Gasteiger partial charge is 0.318 e. The summed E-state index contributed by atoms with van der Waals surface area (Å²) >= 11 is 0. The number of para-hydroxylation sites is 1. The fraction of sp³-hybridized carbons (Fsp3) is 0.429. The van der Waals surface area contributed by atoms with E-state index in [1.165, 1.54) is 12.8 Å². The lowest BCUT2D eigenvalue weighted by atomic mass is 10.3. The number of nitrogens with zero attached hydrogens (tertiary/aromatic N) is 4. The van der Waals surface area contributed by atoms with Crippen molar-refractivity contribution >= 4 is 11.7 Å². The van der Waals surface area contributed by atoms with Gasteiger partial charge < -0.3 is 14.2 Å². The molecule has 0 aliphatic carbocycles. The van der Waals surface area contributed by atoms with Crippen molar-refractivity contribution in [1.29, 1.82) is 0 Å². The zero-order valence-corrected chi connectivity index (χ0v) is 11.1. The molecule has 1 aliphatic rings. The summed E-state index contributed by atoms with van der Waals surface area (Å²) in [5.74, 6) is 0.660. The molecule has 1 saturated heterocycles. The summed E-state index contributed by atoms with van der Waals surface area (Å²) in [5, 5.41) is 8.25. The normalized spacial score (nSPS) is 14.9. The second kappa shape index (κ2) is 5.30. The zero-order valence-electron chi connectivity index (χ0n) is 11.1. The summed E-state index contributed by atoms with van der Waals surface area (Å²) < 4.78 is 5.72. The van der Waals surface area contributed by atoms with Crippen LogP contribution < -0.4 is 9.80 Å². The van der Waals surface area contributed by atoms with Crippen molar-refractivity contribution in [3.63, 3.8) is 0 Å². The molecule has 5 nitrogen and oxygen atoms in total. The second-order valence-corrected chi connectivity index (χ2v) is 4.86. The maximum absolute atomic E-state index is 5.72. The number of rotatable bonds is 4. The molecule has 1 aliphatic heterocycles. The summed E-state index contributed by atoms with van der Waals surface area (Å²) in [6.07, 6.45) is 2.42. The number of anilines is 2. The third-order valence-corrected chi connectivity index (χ3v) is 3.40. The van der Waals surface area contributed by atoms with Gasteiger partial charge in [-0.1, -0.05) is 23.3 Å². The van der Waals surface area contributed by atoms with E-state index in [0.29, 0.717) is 18.5 Å². The molecule has 0 unspecified atom stereocenters. The van der Waals surface area contributed by atoms with Gasteiger partial charge in [0.05, 0.1) is 6.54 Å². The van der Waals surface area contributed by atoms with Crippen molar-refractivity contribution in [2.24, 2.45) is 0 Å². The van der Waals surface area contributed by atoms with Gasteiger partial charge in [0.15, 0.2) is 0 Å². The van der Waals surface area contributed by atoms with Gasteiger partial charge >= 0.3 is 6.01 Å². The molecule has 0 amide bonds. The predicted molar refractivity (Wildman–Crippen MR) is 74.3 cm³/mol. The molecule has 1 aromatic heterocycles. The Morgan fingerprint density at radius 1 is 1.16 bits per heavy atom. The fourth-order valence-corrected chi connectivity index (χ4v) is 2.32. The van der Waals surface area contributed by atoms with Crippen LogP contribution in [0.25, 0.3) is 0 Å². The van der Waals surface area contributed by atoms with Crippen LogP contribution in [0.3, 0.4) is 0 Å². The van der Waals surface area contributed by atoms with E-state index < -0.39 is 0 Å². The van der Waals surface area contributed by atoms with Gasteiger partial charge in [-0.3, -0.25) is 0 Å². The molecule has 0 N–H and O–H groups in total. The average molecular weight is 258 g/mol. The third kappa shape index (κ3) is 2.70. The third-order valence-electron chi connectivity index (χ3n) is 3.40. The Labute approximate surface area is 112 Å². The Morgan fingerprint density at radius 2 is 1.89 bits per heavy atom. The first-order valence-corrected chi connectivity index (χ1v) is 6.66. The number of hydrogen-bond donors (Lipinski definition) is 0. The van der Waals surface area contributed by atoms with Gasteiger partial charge in [0.25, 0.3) is 0 Å². The average Bonchev–Trinajstić information content (AvgIpc) is 3.10. The van der Waals surface area contributed by atoms with E-state index in [2.05, 4.69) is 32.1 Å². The Balaban J connectivity index is 1.66. The Kier molecular flexibility index (Phi) is 3.35. The molecule has 1 aromatic carbocycles. The summed E-state index contributed by atoms with van der Waals surface area (Å²) in [7, 11) is 2.02. The van der Waals surface area contributed by atoms with E-state index in [9.17, 15) is 0 Å². The molecule has 0 spiro atoms. The number of hydrogen-bond acceptors (Lipinski definition) is 5. The van der Waals surface area contributed by atoms with Crippen molar-refractivity contribution in [2.45, 2.75) is 19.4 Å². The van der Waals surface area contributed by atoms with Gasteiger partial charge in [0.2, 0.25) is 5.89 Å². The molecular weight excluding hydrogens is 240 g/mol. The molecule has 1 fully saturated rings. The Morgan fingerprint density at radius 3 is 2.63 bits per heavy atom. The van der Waals surface area contributed by atoms with Crippen molar-refractivity contribution < 1.29 is 4.42 Å². The molecule has 100 valence electrons. The van der Waals surface area contributed by atoms with E-state index in [1.807, 2.05) is 25.2 Å². The lowest BCUT2D eigenvalue weighted by Crippen LogP contribution is -2.18. The topological polar surface area (TPSA) is 45.4 Å². The van der Waals surface area contributed by atoms with Gasteiger partial charge in [-0.15, -0.1) is 5.10 Å². The summed E-state index contributed by atoms with van der Waals surface area (Å²) in [4.78, 5) is 4.25. The number of benzene rings is 1. The largest absolute Gasteiger partial charge is 0.406 e. The van der Waals surface area contributed by atoms with E-state index >= 15 is 0 Å². The molecule has 0 saturated carbocycles. The first-order chi connectivity index (χ1) is 9.33. The van der Waals surface area contributed by atoms with Crippen molar-refractivity contribution in [3.05, 3.63) is 36.2 Å². The van der Waals surface area contributed by atoms with Crippen molar-refractivity contribution in [2.75, 3.05) is 29.9 Å². The minimum atomic E-state index is 0.630. The van der Waals surface area contributed by atoms with Crippen LogP contribution in [-0.2, 0) is 6.54 Å². The predicted octanol–water partition coefficient (Wildman–Crippen LogP) is 2.31. The highest BCUT2D eigenvalue weighted by atomic mass is 16.4. The Hall–Kier alpha value is -2.04. The molecule has 3 rings (SSSR count). The van der Waals surface area contributed by atoms with Gasteiger partial charge in [-0.25, -0.2) is 0 Å². The molecule has 0 bridgehead atoms. The lowest BCUT2D eigenvalue weighted by molar-refractivity contribution is 0.488. The van der Waals surface area contributed by atoms with Crippen LogP contribution in [0.15, 0.2) is 34.7 Å². The van der Waals surface area contributed by atoms with Crippen molar-refractivity contribution in [3.8, 4) is 0 Å². The maximum Gasteiger partial charge on any atom is 0.318 e. The SMILES string of the molecule is CN(Cc1nnc(N2CCCC2)o1)c1ccccc1. The molecule has 0 radical (unpaired) electrons. The monoisotopic (exact) mass is 258 g/mol. The molecule has 19 heavy (non-hydrogen) atoms. The van der Waals surface area contributed by atoms with Crippen LogP contribution in [-0.4, -0.2) is 30.3 Å². The highest BCUT2D eigenvalue weighted by molar-refractivity contribution is 5.44. The number of aromatic nitrogens is 2. The highest BCUT2D eigenvalue weighted by Gasteiger charge is 2.18. The van der Waals surface area contributed by atoms with Crippen molar-refractivity contribution in [1.82, 2.24) is 10.2 Å². The molecule has 0 atom stereocenters. The lowest BCUT2D eigenvalue weighted by Gasteiger charge is -2.16. The van der Waals surface area contributed by atoms with E-state index in [0.717, 1.165) is 18.8 Å². The first kappa shape index (κ1) is 12.0.